The van der Waals surface area contributed by atoms with Gasteiger partial charge in [-0.25, -0.2) is 9.37 Å². The van der Waals surface area contributed by atoms with Crippen LogP contribution in [0.5, 0.6) is 0 Å². The van der Waals surface area contributed by atoms with Gasteiger partial charge < -0.3 is 10.2 Å². The molecule has 1 aliphatic rings. The Kier molecular flexibility index (Phi) is 4.65. The van der Waals surface area contributed by atoms with Gasteiger partial charge in [0.05, 0.1) is 5.69 Å². The van der Waals surface area contributed by atoms with Gasteiger partial charge in [0.25, 0.3) is 11.5 Å². The first-order chi connectivity index (χ1) is 13.0. The Hall–Kier alpha value is -2.74. The van der Waals surface area contributed by atoms with Gasteiger partial charge in [0.1, 0.15) is 11.4 Å². The van der Waals surface area contributed by atoms with Crippen LogP contribution in [-0.4, -0.2) is 28.4 Å². The van der Waals surface area contributed by atoms with E-state index in [4.69, 9.17) is 0 Å². The van der Waals surface area contributed by atoms with Crippen molar-refractivity contribution in [1.29, 1.82) is 0 Å². The standard InChI is InChI=1S/C19H19FN4O2S/c1-12-11-27-19-21-10-14(18(26)24(12)19)17(25)22-13-5-6-16(15(20)9-13)23-7-3-2-4-8-23/h5-6,9-11H,2-4,7-8H2,1H3,(H,22,25). The number of halogens is 1. The maximum atomic E-state index is 14.5. The number of benzene rings is 1. The number of rotatable bonds is 3. The Morgan fingerprint density at radius 2 is 2.04 bits per heavy atom. The third kappa shape index (κ3) is 3.32. The lowest BCUT2D eigenvalue weighted by atomic mass is 10.1. The van der Waals surface area contributed by atoms with Crippen molar-refractivity contribution in [2.45, 2.75) is 26.2 Å². The van der Waals surface area contributed by atoms with Crippen LogP contribution in [0, 0.1) is 12.7 Å². The SMILES string of the molecule is Cc1csc2ncc(C(=O)Nc3ccc(N4CCCCC4)c(F)c3)c(=O)n12. The average molecular weight is 386 g/mol. The summed E-state index contributed by atoms with van der Waals surface area (Å²) in [4.78, 5) is 31.8. The number of fused-ring (bicyclic) bond motifs is 1. The number of amides is 1. The Morgan fingerprint density at radius 1 is 1.26 bits per heavy atom. The lowest BCUT2D eigenvalue weighted by molar-refractivity contribution is 0.102. The molecule has 140 valence electrons. The molecule has 27 heavy (non-hydrogen) atoms. The van der Waals surface area contributed by atoms with E-state index in [1.807, 2.05) is 4.90 Å². The molecule has 0 spiro atoms. The van der Waals surface area contributed by atoms with E-state index >= 15 is 0 Å². The first-order valence-electron chi connectivity index (χ1n) is 8.86. The molecule has 6 nitrogen and oxygen atoms in total. The van der Waals surface area contributed by atoms with Crippen molar-refractivity contribution >= 4 is 33.6 Å². The van der Waals surface area contributed by atoms with E-state index in [0.29, 0.717) is 16.3 Å². The summed E-state index contributed by atoms with van der Waals surface area (Å²) in [6.45, 7) is 3.46. The van der Waals surface area contributed by atoms with Gasteiger partial charge in [-0.3, -0.25) is 14.0 Å². The minimum Gasteiger partial charge on any atom is -0.369 e. The van der Waals surface area contributed by atoms with Crippen LogP contribution in [0.3, 0.4) is 0 Å². The summed E-state index contributed by atoms with van der Waals surface area (Å²) in [6, 6.07) is 4.62. The number of piperidine rings is 1. The second kappa shape index (κ2) is 7.11. The van der Waals surface area contributed by atoms with Crippen molar-refractivity contribution in [1.82, 2.24) is 9.38 Å². The lowest BCUT2D eigenvalue weighted by Gasteiger charge is -2.29. The number of nitrogens with zero attached hydrogens (tertiary/aromatic N) is 3. The molecule has 0 unspecified atom stereocenters. The van der Waals surface area contributed by atoms with E-state index in [1.165, 1.54) is 34.4 Å². The highest BCUT2D eigenvalue weighted by atomic mass is 32.1. The van der Waals surface area contributed by atoms with E-state index in [2.05, 4.69) is 10.3 Å². The third-order valence-electron chi connectivity index (χ3n) is 4.76. The molecule has 1 fully saturated rings. The molecule has 2 aromatic heterocycles. The van der Waals surface area contributed by atoms with Gasteiger partial charge in [-0.15, -0.1) is 11.3 Å². The molecule has 3 aromatic rings. The fourth-order valence-corrected chi connectivity index (χ4v) is 4.18. The number of carbonyl (C=O) groups is 1. The zero-order valence-electron chi connectivity index (χ0n) is 14.9. The van der Waals surface area contributed by atoms with Crippen LogP contribution < -0.4 is 15.8 Å². The number of aromatic nitrogens is 2. The third-order valence-corrected chi connectivity index (χ3v) is 5.72. The highest BCUT2D eigenvalue weighted by Crippen LogP contribution is 2.26. The summed E-state index contributed by atoms with van der Waals surface area (Å²) in [5, 5.41) is 4.40. The first-order valence-corrected chi connectivity index (χ1v) is 9.74. The highest BCUT2D eigenvalue weighted by Gasteiger charge is 2.18. The summed E-state index contributed by atoms with van der Waals surface area (Å²) >= 11 is 1.34. The minimum atomic E-state index is -0.599. The molecule has 1 amide bonds. The number of nitrogens with one attached hydrogen (secondary N) is 1. The summed E-state index contributed by atoms with van der Waals surface area (Å²) in [5.74, 6) is -0.980. The number of anilines is 2. The maximum absolute atomic E-state index is 14.5. The highest BCUT2D eigenvalue weighted by molar-refractivity contribution is 7.15. The molecule has 3 heterocycles. The van der Waals surface area contributed by atoms with Gasteiger partial charge in [-0.05, 0) is 44.4 Å². The van der Waals surface area contributed by atoms with Gasteiger partial charge in [0, 0.05) is 36.0 Å². The summed E-state index contributed by atoms with van der Waals surface area (Å²) in [6.07, 6.45) is 4.55. The van der Waals surface area contributed by atoms with E-state index in [1.54, 1.807) is 24.4 Å². The zero-order chi connectivity index (χ0) is 19.0. The molecule has 1 aliphatic heterocycles. The van der Waals surface area contributed by atoms with Crippen molar-refractivity contribution in [2.75, 3.05) is 23.3 Å². The number of thiazole rings is 1. The number of aryl methyl sites for hydroxylation is 1. The Bertz CT molecular complexity index is 1070. The summed E-state index contributed by atoms with van der Waals surface area (Å²) < 4.78 is 15.9. The van der Waals surface area contributed by atoms with E-state index in [9.17, 15) is 14.0 Å². The normalized spacial score (nSPS) is 14.5. The first kappa shape index (κ1) is 17.7. The smallest absolute Gasteiger partial charge is 0.271 e. The monoisotopic (exact) mass is 386 g/mol. The van der Waals surface area contributed by atoms with Gasteiger partial charge >= 0.3 is 0 Å². The fourth-order valence-electron chi connectivity index (χ4n) is 3.35. The molecule has 4 rings (SSSR count). The van der Waals surface area contributed by atoms with Crippen LogP contribution in [0.2, 0.25) is 0 Å². The number of hydrogen-bond donors (Lipinski definition) is 1. The van der Waals surface area contributed by atoms with Crippen molar-refractivity contribution < 1.29 is 9.18 Å². The largest absolute Gasteiger partial charge is 0.369 e. The van der Waals surface area contributed by atoms with Gasteiger partial charge in [-0.1, -0.05) is 0 Å². The van der Waals surface area contributed by atoms with Crippen molar-refractivity contribution in [3.05, 3.63) is 57.2 Å². The number of carbonyl (C=O) groups excluding carboxylic acids is 1. The quantitative estimate of drug-likeness (QED) is 0.749. The molecule has 0 aliphatic carbocycles. The maximum Gasteiger partial charge on any atom is 0.271 e. The minimum absolute atomic E-state index is 0.0745. The van der Waals surface area contributed by atoms with Gasteiger partial charge in [-0.2, -0.15) is 0 Å². The van der Waals surface area contributed by atoms with Crippen LogP contribution in [0.25, 0.3) is 4.96 Å². The van der Waals surface area contributed by atoms with Crippen molar-refractivity contribution in [3.63, 3.8) is 0 Å². The Balaban J connectivity index is 1.58. The van der Waals surface area contributed by atoms with E-state index in [-0.39, 0.29) is 11.4 Å². The Labute approximate surface area is 159 Å². The van der Waals surface area contributed by atoms with Crippen LogP contribution in [0.4, 0.5) is 15.8 Å². The van der Waals surface area contributed by atoms with Gasteiger partial charge in [0.2, 0.25) is 0 Å². The van der Waals surface area contributed by atoms with Crippen molar-refractivity contribution in [2.24, 2.45) is 0 Å². The van der Waals surface area contributed by atoms with E-state index in [0.717, 1.165) is 31.6 Å². The second-order valence-electron chi connectivity index (χ2n) is 6.64. The second-order valence-corrected chi connectivity index (χ2v) is 7.48. The van der Waals surface area contributed by atoms with Crippen LogP contribution >= 0.6 is 11.3 Å². The molecule has 1 saturated heterocycles. The van der Waals surface area contributed by atoms with Crippen LogP contribution in [-0.2, 0) is 0 Å². The van der Waals surface area contributed by atoms with Crippen LogP contribution in [0.15, 0.2) is 34.6 Å². The zero-order valence-corrected chi connectivity index (χ0v) is 15.7. The Morgan fingerprint density at radius 3 is 2.78 bits per heavy atom. The molecule has 0 saturated carbocycles. The predicted octanol–water partition coefficient (Wildman–Crippen LogP) is 3.45. The molecule has 0 atom stereocenters. The van der Waals surface area contributed by atoms with Crippen molar-refractivity contribution in [3.8, 4) is 0 Å². The molecular formula is C19H19FN4O2S. The molecule has 1 N–H and O–H groups in total. The number of hydrogen-bond acceptors (Lipinski definition) is 5. The molecule has 0 radical (unpaired) electrons. The lowest BCUT2D eigenvalue weighted by Crippen LogP contribution is -2.30. The molecule has 8 heteroatoms. The summed E-state index contributed by atoms with van der Waals surface area (Å²) in [7, 11) is 0. The molecular weight excluding hydrogens is 367 g/mol. The topological polar surface area (TPSA) is 66.7 Å². The molecule has 1 aromatic carbocycles. The van der Waals surface area contributed by atoms with Gasteiger partial charge in [0.15, 0.2) is 4.96 Å². The molecule has 0 bridgehead atoms. The van der Waals surface area contributed by atoms with Crippen LogP contribution in [0.1, 0.15) is 35.3 Å². The summed E-state index contributed by atoms with van der Waals surface area (Å²) in [5.41, 5.74) is 1.07. The predicted molar refractivity (Wildman–Crippen MR) is 104 cm³/mol. The van der Waals surface area contributed by atoms with E-state index < -0.39 is 11.5 Å². The average Bonchev–Trinajstić information content (AvgIpc) is 3.04. The fraction of sp³-hybridized carbons (Fsp3) is 0.316.